The fraction of sp³-hybridized carbons (Fsp3) is 0.840. The first-order chi connectivity index (χ1) is 16.6. The lowest BCUT2D eigenvalue weighted by Crippen LogP contribution is -2.40. The van der Waals surface area contributed by atoms with Gasteiger partial charge in [-0.25, -0.2) is 9.59 Å². The number of hydrogen-bond acceptors (Lipinski definition) is 8. The lowest BCUT2D eigenvalue weighted by molar-refractivity contribution is -0.141. The molecule has 11 nitrogen and oxygen atoms in total. The number of alkyl carbamates (subject to hydrolysis) is 2. The molecule has 0 radical (unpaired) electrons. The minimum Gasteiger partial charge on any atom is -0.469 e. The predicted octanol–water partition coefficient (Wildman–Crippen LogP) is 3.14. The third kappa shape index (κ3) is 20.8. The first-order valence-corrected chi connectivity index (χ1v) is 12.7. The zero-order valence-electron chi connectivity index (χ0n) is 23.2. The van der Waals surface area contributed by atoms with Crippen LogP contribution in [0.25, 0.3) is 0 Å². The molecule has 11 heteroatoms. The molecule has 0 rings (SSSR count). The molecule has 36 heavy (non-hydrogen) atoms. The van der Waals surface area contributed by atoms with Gasteiger partial charge in [-0.05, 0) is 73.6 Å². The molecule has 0 aromatic carbocycles. The minimum absolute atomic E-state index is 0.0628. The molecule has 0 aliphatic carbocycles. The summed E-state index contributed by atoms with van der Waals surface area (Å²) in [4.78, 5) is 47.5. The number of amides is 3. The number of nitrogens with two attached hydrogens (primary N) is 1. The van der Waals surface area contributed by atoms with E-state index in [1.54, 1.807) is 41.5 Å². The molecule has 0 saturated heterocycles. The van der Waals surface area contributed by atoms with Gasteiger partial charge in [-0.1, -0.05) is 6.42 Å². The van der Waals surface area contributed by atoms with Gasteiger partial charge in [0.05, 0.1) is 13.5 Å². The zero-order chi connectivity index (χ0) is 27.8. The van der Waals surface area contributed by atoms with Crippen LogP contribution in [0.4, 0.5) is 9.59 Å². The largest absolute Gasteiger partial charge is 0.469 e. The molecule has 0 fully saturated rings. The van der Waals surface area contributed by atoms with Gasteiger partial charge in [0, 0.05) is 31.6 Å². The van der Waals surface area contributed by atoms with E-state index in [-0.39, 0.29) is 30.8 Å². The molecule has 5 N–H and O–H groups in total. The molecule has 0 bridgehead atoms. The highest BCUT2D eigenvalue weighted by molar-refractivity contribution is 5.78. The maximum absolute atomic E-state index is 12.5. The smallest absolute Gasteiger partial charge is 0.407 e. The molecule has 210 valence electrons. The lowest BCUT2D eigenvalue weighted by atomic mass is 10.0. The van der Waals surface area contributed by atoms with Gasteiger partial charge in [-0.15, -0.1) is 0 Å². The number of esters is 1. The fourth-order valence-corrected chi connectivity index (χ4v) is 3.19. The Labute approximate surface area is 215 Å². The number of unbranched alkanes of at least 4 members (excludes halogenated alkanes) is 2. The van der Waals surface area contributed by atoms with E-state index in [1.165, 1.54) is 7.11 Å². The van der Waals surface area contributed by atoms with E-state index in [0.29, 0.717) is 38.8 Å². The molecular formula is C25H48N4O7. The Morgan fingerprint density at radius 3 is 1.67 bits per heavy atom. The summed E-state index contributed by atoms with van der Waals surface area (Å²) in [5, 5.41) is 8.26. The summed E-state index contributed by atoms with van der Waals surface area (Å²) in [6, 6.07) is -0.708. The summed E-state index contributed by atoms with van der Waals surface area (Å²) in [5.41, 5.74) is 5.00. The van der Waals surface area contributed by atoms with Crippen molar-refractivity contribution in [3.05, 3.63) is 0 Å². The van der Waals surface area contributed by atoms with Gasteiger partial charge >= 0.3 is 18.2 Å². The van der Waals surface area contributed by atoms with Crippen LogP contribution in [0.3, 0.4) is 0 Å². The van der Waals surface area contributed by atoms with Gasteiger partial charge in [-0.2, -0.15) is 0 Å². The number of rotatable bonds is 15. The molecule has 0 aliphatic heterocycles. The van der Waals surface area contributed by atoms with Crippen molar-refractivity contribution in [1.82, 2.24) is 16.0 Å². The molecule has 0 aliphatic rings. The van der Waals surface area contributed by atoms with Gasteiger partial charge in [0.25, 0.3) is 0 Å². The van der Waals surface area contributed by atoms with E-state index >= 15 is 0 Å². The standard InChI is InChI=1S/C25H48N4O7/c1-24(2,3)35-22(32)27-14-10-8-12-18(26)16-20(30)29-19(17-21(31)34-7)13-9-11-15-28-23(33)36-25(4,5)6/h18-19H,8-17,26H2,1-7H3,(H,27,32)(H,28,33)(H,29,30). The van der Waals surface area contributed by atoms with Crippen molar-refractivity contribution in [2.45, 2.75) is 116 Å². The lowest BCUT2D eigenvalue weighted by Gasteiger charge is -2.20. The Morgan fingerprint density at radius 2 is 1.22 bits per heavy atom. The van der Waals surface area contributed by atoms with E-state index in [4.69, 9.17) is 19.9 Å². The molecule has 0 aromatic rings. The second kappa shape index (κ2) is 17.0. The van der Waals surface area contributed by atoms with Crippen molar-refractivity contribution >= 4 is 24.1 Å². The Balaban J connectivity index is 4.28. The summed E-state index contributed by atoms with van der Waals surface area (Å²) in [7, 11) is 1.31. The number of ether oxygens (including phenoxy) is 3. The SMILES string of the molecule is COC(=O)CC(CCCCNC(=O)OC(C)(C)C)NC(=O)CC(N)CCCCNC(=O)OC(C)(C)C. The van der Waals surface area contributed by atoms with Crippen LogP contribution in [0.2, 0.25) is 0 Å². The third-order valence-electron chi connectivity index (χ3n) is 4.77. The van der Waals surface area contributed by atoms with Crippen LogP contribution >= 0.6 is 0 Å². The van der Waals surface area contributed by atoms with Crippen molar-refractivity contribution < 1.29 is 33.4 Å². The highest BCUT2D eigenvalue weighted by Gasteiger charge is 2.19. The average molecular weight is 517 g/mol. The summed E-state index contributed by atoms with van der Waals surface area (Å²) in [6.45, 7) is 11.7. The van der Waals surface area contributed by atoms with E-state index < -0.39 is 29.4 Å². The van der Waals surface area contributed by atoms with Crippen LogP contribution < -0.4 is 21.7 Å². The number of carbonyl (C=O) groups excluding carboxylic acids is 4. The van der Waals surface area contributed by atoms with Crippen molar-refractivity contribution in [2.24, 2.45) is 5.73 Å². The van der Waals surface area contributed by atoms with Crippen molar-refractivity contribution in [2.75, 3.05) is 20.2 Å². The monoisotopic (exact) mass is 516 g/mol. The number of hydrogen-bond donors (Lipinski definition) is 4. The average Bonchev–Trinajstić information content (AvgIpc) is 2.70. The van der Waals surface area contributed by atoms with Crippen LogP contribution in [0, 0.1) is 0 Å². The quantitative estimate of drug-likeness (QED) is 0.147. The molecule has 2 unspecified atom stereocenters. The van der Waals surface area contributed by atoms with Gasteiger partial charge in [0.15, 0.2) is 0 Å². The van der Waals surface area contributed by atoms with E-state index in [2.05, 4.69) is 16.0 Å². The van der Waals surface area contributed by atoms with Crippen molar-refractivity contribution in [3.63, 3.8) is 0 Å². The fourth-order valence-electron chi connectivity index (χ4n) is 3.19. The molecule has 0 spiro atoms. The second-order valence-electron chi connectivity index (χ2n) is 10.9. The number of nitrogens with one attached hydrogen (secondary N) is 3. The molecule has 0 saturated carbocycles. The molecule has 0 aromatic heterocycles. The third-order valence-corrected chi connectivity index (χ3v) is 4.77. The van der Waals surface area contributed by atoms with Crippen LogP contribution in [0.5, 0.6) is 0 Å². The number of carbonyl (C=O) groups is 4. The van der Waals surface area contributed by atoms with E-state index in [1.807, 2.05) is 0 Å². The van der Waals surface area contributed by atoms with E-state index in [9.17, 15) is 19.2 Å². The summed E-state index contributed by atoms with van der Waals surface area (Å²) in [6.07, 6.45) is 3.28. The second-order valence-corrected chi connectivity index (χ2v) is 10.9. The first kappa shape index (κ1) is 33.4. The Morgan fingerprint density at radius 1 is 0.750 bits per heavy atom. The summed E-state index contributed by atoms with van der Waals surface area (Å²) < 4.78 is 15.1. The van der Waals surface area contributed by atoms with Crippen LogP contribution in [0.1, 0.15) is 92.9 Å². The maximum atomic E-state index is 12.5. The zero-order valence-corrected chi connectivity index (χ0v) is 23.2. The molecular weight excluding hydrogens is 468 g/mol. The summed E-state index contributed by atoms with van der Waals surface area (Å²) >= 11 is 0. The van der Waals surface area contributed by atoms with Gasteiger partial charge in [0.2, 0.25) is 5.91 Å². The Hall–Kier alpha value is -2.56. The normalized spacial score (nSPS) is 13.2. The molecule has 0 heterocycles. The van der Waals surface area contributed by atoms with Gasteiger partial charge < -0.3 is 35.9 Å². The van der Waals surface area contributed by atoms with Crippen LogP contribution in [-0.4, -0.2) is 67.5 Å². The molecule has 3 amide bonds. The highest BCUT2D eigenvalue weighted by atomic mass is 16.6. The molecule has 2 atom stereocenters. The predicted molar refractivity (Wildman–Crippen MR) is 137 cm³/mol. The van der Waals surface area contributed by atoms with Crippen molar-refractivity contribution in [3.8, 4) is 0 Å². The van der Waals surface area contributed by atoms with Crippen molar-refractivity contribution in [1.29, 1.82) is 0 Å². The van der Waals surface area contributed by atoms with Crippen LogP contribution in [-0.2, 0) is 23.8 Å². The van der Waals surface area contributed by atoms with Gasteiger partial charge in [0.1, 0.15) is 11.2 Å². The van der Waals surface area contributed by atoms with Crippen LogP contribution in [0.15, 0.2) is 0 Å². The maximum Gasteiger partial charge on any atom is 0.407 e. The topological polar surface area (TPSA) is 158 Å². The Bertz CT molecular complexity index is 687. The Kier molecular flexibility index (Phi) is 15.8. The highest BCUT2D eigenvalue weighted by Crippen LogP contribution is 2.10. The summed E-state index contributed by atoms with van der Waals surface area (Å²) in [5.74, 6) is -0.635. The first-order valence-electron chi connectivity index (χ1n) is 12.7. The van der Waals surface area contributed by atoms with Gasteiger partial charge in [-0.3, -0.25) is 9.59 Å². The van der Waals surface area contributed by atoms with E-state index in [0.717, 1.165) is 12.8 Å². The number of methoxy groups -OCH3 is 1. The minimum atomic E-state index is -0.558.